The third kappa shape index (κ3) is 2.49. The first-order valence-electron chi connectivity index (χ1n) is 6.01. The van der Waals surface area contributed by atoms with Gasteiger partial charge in [0.2, 0.25) is 11.8 Å². The number of rotatable bonds is 4. The van der Waals surface area contributed by atoms with Crippen LogP contribution < -0.4 is 10.6 Å². The predicted molar refractivity (Wildman–Crippen MR) is 70.2 cm³/mol. The number of nitrogens with one attached hydrogen (secondary N) is 2. The topological polar surface area (TPSA) is 58.2 Å². The summed E-state index contributed by atoms with van der Waals surface area (Å²) in [5.74, 6) is -0.247. The van der Waals surface area contributed by atoms with Crippen molar-refractivity contribution in [1.29, 1.82) is 0 Å². The molecule has 0 radical (unpaired) electrons. The van der Waals surface area contributed by atoms with Crippen molar-refractivity contribution < 1.29 is 9.59 Å². The molecule has 0 aromatic rings. The van der Waals surface area contributed by atoms with Gasteiger partial charge in [0.15, 0.2) is 5.11 Å². The van der Waals surface area contributed by atoms with Gasteiger partial charge in [-0.05, 0) is 30.5 Å². The van der Waals surface area contributed by atoms with Crippen LogP contribution in [0.25, 0.3) is 0 Å². The molecule has 1 atom stereocenters. The third-order valence-corrected chi connectivity index (χ3v) is 3.65. The molecule has 2 N–H and O–H groups in total. The van der Waals surface area contributed by atoms with Crippen molar-refractivity contribution in [2.75, 3.05) is 0 Å². The quantitative estimate of drug-likeness (QED) is 0.593. The molecule has 4 nitrogen and oxygen atoms in total. The van der Waals surface area contributed by atoms with Gasteiger partial charge in [-0.1, -0.05) is 34.1 Å². The SMILES string of the molecule is CCC(C)C1(CC(C)C)C(=O)NC(=S)NC1=O. The van der Waals surface area contributed by atoms with E-state index in [2.05, 4.69) is 10.6 Å². The van der Waals surface area contributed by atoms with E-state index in [1.807, 2.05) is 27.7 Å². The molecule has 0 aromatic carbocycles. The summed E-state index contributed by atoms with van der Waals surface area (Å²) in [6.45, 7) is 7.95. The first kappa shape index (κ1) is 14.1. The Hall–Kier alpha value is -0.970. The number of thiocarbonyl (C=S) groups is 1. The molecule has 0 spiro atoms. The van der Waals surface area contributed by atoms with Gasteiger partial charge in [0.25, 0.3) is 0 Å². The Morgan fingerprint density at radius 1 is 1.18 bits per heavy atom. The van der Waals surface area contributed by atoms with Gasteiger partial charge in [-0.2, -0.15) is 0 Å². The summed E-state index contributed by atoms with van der Waals surface area (Å²) in [5.41, 5.74) is -0.981. The number of amides is 2. The molecule has 1 aliphatic rings. The molecule has 1 saturated heterocycles. The standard InChI is InChI=1S/C12H20N2O2S/c1-5-8(4)12(6-7(2)3)9(15)13-11(17)14-10(12)16/h7-8H,5-6H2,1-4H3,(H2,13,14,15,16,17). The lowest BCUT2D eigenvalue weighted by molar-refractivity contribution is -0.148. The fourth-order valence-corrected chi connectivity index (χ4v) is 2.58. The van der Waals surface area contributed by atoms with Crippen LogP contribution in [0.15, 0.2) is 0 Å². The molecule has 1 unspecified atom stereocenters. The lowest BCUT2D eigenvalue weighted by Crippen LogP contribution is -2.64. The van der Waals surface area contributed by atoms with Crippen molar-refractivity contribution >= 4 is 29.1 Å². The molecular formula is C12H20N2O2S. The van der Waals surface area contributed by atoms with Crippen LogP contribution in [0.4, 0.5) is 0 Å². The van der Waals surface area contributed by atoms with Crippen LogP contribution in [0, 0.1) is 17.3 Å². The van der Waals surface area contributed by atoms with Crippen molar-refractivity contribution in [3.05, 3.63) is 0 Å². The summed E-state index contributed by atoms with van der Waals surface area (Å²) < 4.78 is 0. The molecular weight excluding hydrogens is 236 g/mol. The Morgan fingerprint density at radius 2 is 1.65 bits per heavy atom. The van der Waals surface area contributed by atoms with Gasteiger partial charge in [0.1, 0.15) is 5.41 Å². The minimum atomic E-state index is -0.981. The third-order valence-electron chi connectivity index (χ3n) is 3.45. The van der Waals surface area contributed by atoms with Crippen LogP contribution in [0.3, 0.4) is 0 Å². The maximum absolute atomic E-state index is 12.2. The van der Waals surface area contributed by atoms with Gasteiger partial charge < -0.3 is 10.6 Å². The molecule has 1 heterocycles. The summed E-state index contributed by atoms with van der Waals surface area (Å²) in [4.78, 5) is 24.4. The molecule has 1 aliphatic heterocycles. The summed E-state index contributed by atoms with van der Waals surface area (Å²) >= 11 is 4.83. The first-order chi connectivity index (χ1) is 7.84. The van der Waals surface area contributed by atoms with Gasteiger partial charge in [0.05, 0.1) is 0 Å². The lowest BCUT2D eigenvalue weighted by atomic mass is 9.67. The molecule has 0 saturated carbocycles. The fourth-order valence-electron chi connectivity index (χ4n) is 2.39. The van der Waals surface area contributed by atoms with E-state index in [0.29, 0.717) is 6.42 Å². The Labute approximate surface area is 108 Å². The van der Waals surface area contributed by atoms with Crippen LogP contribution in [0.2, 0.25) is 0 Å². The van der Waals surface area contributed by atoms with Gasteiger partial charge >= 0.3 is 0 Å². The van der Waals surface area contributed by atoms with Crippen molar-refractivity contribution in [1.82, 2.24) is 10.6 Å². The smallest absolute Gasteiger partial charge is 0.242 e. The molecule has 96 valence electrons. The van der Waals surface area contributed by atoms with Gasteiger partial charge in [-0.25, -0.2) is 0 Å². The molecule has 0 bridgehead atoms. The van der Waals surface area contributed by atoms with Crippen LogP contribution >= 0.6 is 12.2 Å². The van der Waals surface area contributed by atoms with Crippen LogP contribution in [-0.2, 0) is 9.59 Å². The predicted octanol–water partition coefficient (Wildman–Crippen LogP) is 1.60. The highest BCUT2D eigenvalue weighted by atomic mass is 32.1. The maximum Gasteiger partial charge on any atom is 0.242 e. The fraction of sp³-hybridized carbons (Fsp3) is 0.750. The highest BCUT2D eigenvalue weighted by molar-refractivity contribution is 7.80. The van der Waals surface area contributed by atoms with E-state index in [4.69, 9.17) is 12.2 Å². The van der Waals surface area contributed by atoms with E-state index >= 15 is 0 Å². The monoisotopic (exact) mass is 256 g/mol. The van der Waals surface area contributed by atoms with E-state index in [1.54, 1.807) is 0 Å². The average Bonchev–Trinajstić information content (AvgIpc) is 2.22. The number of carbonyl (C=O) groups is 2. The Balaban J connectivity index is 3.15. The number of hydrogen-bond acceptors (Lipinski definition) is 3. The summed E-state index contributed by atoms with van der Waals surface area (Å²) in [6, 6.07) is 0. The highest BCUT2D eigenvalue weighted by Gasteiger charge is 2.52. The minimum absolute atomic E-state index is 0.00648. The highest BCUT2D eigenvalue weighted by Crippen LogP contribution is 2.38. The molecule has 5 heteroatoms. The van der Waals surface area contributed by atoms with Crippen molar-refractivity contribution in [3.63, 3.8) is 0 Å². The Morgan fingerprint density at radius 3 is 2.00 bits per heavy atom. The Bertz CT molecular complexity index is 332. The van der Waals surface area contributed by atoms with E-state index in [0.717, 1.165) is 6.42 Å². The van der Waals surface area contributed by atoms with E-state index in [9.17, 15) is 9.59 Å². The summed E-state index contributed by atoms with van der Waals surface area (Å²) in [7, 11) is 0. The summed E-state index contributed by atoms with van der Waals surface area (Å²) in [6.07, 6.45) is 1.32. The molecule has 0 aliphatic carbocycles. The Kier molecular flexibility index (Phi) is 4.25. The van der Waals surface area contributed by atoms with Crippen LogP contribution in [0.5, 0.6) is 0 Å². The molecule has 17 heavy (non-hydrogen) atoms. The van der Waals surface area contributed by atoms with E-state index in [-0.39, 0.29) is 28.8 Å². The normalized spacial score (nSPS) is 21.1. The van der Waals surface area contributed by atoms with Gasteiger partial charge in [0, 0.05) is 0 Å². The molecule has 1 fully saturated rings. The van der Waals surface area contributed by atoms with Crippen LogP contribution in [-0.4, -0.2) is 16.9 Å². The zero-order valence-electron chi connectivity index (χ0n) is 10.8. The van der Waals surface area contributed by atoms with Gasteiger partial charge in [-0.15, -0.1) is 0 Å². The van der Waals surface area contributed by atoms with E-state index in [1.165, 1.54) is 0 Å². The maximum atomic E-state index is 12.2. The summed E-state index contributed by atoms with van der Waals surface area (Å²) in [5, 5.41) is 5.28. The minimum Gasteiger partial charge on any atom is -0.302 e. The zero-order chi connectivity index (χ0) is 13.2. The van der Waals surface area contributed by atoms with Crippen molar-refractivity contribution in [2.24, 2.45) is 17.3 Å². The number of hydrogen-bond donors (Lipinski definition) is 2. The molecule has 2 amide bonds. The van der Waals surface area contributed by atoms with Crippen molar-refractivity contribution in [2.45, 2.75) is 40.5 Å². The van der Waals surface area contributed by atoms with Crippen molar-refractivity contribution in [3.8, 4) is 0 Å². The van der Waals surface area contributed by atoms with Gasteiger partial charge in [-0.3, -0.25) is 9.59 Å². The lowest BCUT2D eigenvalue weighted by Gasteiger charge is -2.40. The molecule has 1 rings (SSSR count). The second-order valence-corrected chi connectivity index (χ2v) is 5.52. The first-order valence-corrected chi connectivity index (χ1v) is 6.42. The largest absolute Gasteiger partial charge is 0.302 e. The van der Waals surface area contributed by atoms with Crippen LogP contribution in [0.1, 0.15) is 40.5 Å². The number of carbonyl (C=O) groups excluding carboxylic acids is 2. The van der Waals surface area contributed by atoms with E-state index < -0.39 is 5.41 Å². The second kappa shape index (κ2) is 5.12. The second-order valence-electron chi connectivity index (χ2n) is 5.12. The molecule has 0 aromatic heterocycles. The zero-order valence-corrected chi connectivity index (χ0v) is 11.6. The average molecular weight is 256 g/mol.